The number of carbonyl (C=O) groups excluding carboxylic acids is 2. The van der Waals surface area contributed by atoms with E-state index >= 15 is 0 Å². The molecule has 2 heterocycles. The molecule has 0 spiro atoms. The first-order valence-electron chi connectivity index (χ1n) is 8.91. The van der Waals surface area contributed by atoms with Crippen LogP contribution in [0.15, 0.2) is 45.1 Å². The highest BCUT2D eigenvalue weighted by atomic mass is 32.2. The summed E-state index contributed by atoms with van der Waals surface area (Å²) in [6, 6.07) is 6.57. The van der Waals surface area contributed by atoms with Crippen LogP contribution in [0.4, 0.5) is 0 Å². The third-order valence-corrected chi connectivity index (χ3v) is 5.96. The van der Waals surface area contributed by atoms with E-state index in [0.29, 0.717) is 27.9 Å². The zero-order chi connectivity index (χ0) is 20.6. The molecule has 1 aromatic heterocycles. The van der Waals surface area contributed by atoms with Gasteiger partial charge in [-0.3, -0.25) is 9.59 Å². The van der Waals surface area contributed by atoms with E-state index in [0.717, 1.165) is 11.8 Å². The van der Waals surface area contributed by atoms with E-state index in [9.17, 15) is 14.4 Å². The first-order chi connectivity index (χ1) is 13.1. The van der Waals surface area contributed by atoms with Crippen molar-refractivity contribution in [2.24, 2.45) is 0 Å². The molecule has 1 aliphatic rings. The van der Waals surface area contributed by atoms with E-state index in [4.69, 9.17) is 13.9 Å². The lowest BCUT2D eigenvalue weighted by atomic mass is 9.89. The molecule has 1 aliphatic heterocycles. The van der Waals surface area contributed by atoms with E-state index in [2.05, 4.69) is 0 Å². The molecule has 0 fully saturated rings. The molecule has 7 heteroatoms. The number of hydrogen-bond donors (Lipinski definition) is 0. The van der Waals surface area contributed by atoms with Crippen molar-refractivity contribution in [3.63, 3.8) is 0 Å². The summed E-state index contributed by atoms with van der Waals surface area (Å²) in [4.78, 5) is 36.4. The summed E-state index contributed by atoms with van der Waals surface area (Å²) in [6.07, 6.45) is 0.970. The van der Waals surface area contributed by atoms with Gasteiger partial charge >= 0.3 is 11.6 Å². The summed E-state index contributed by atoms with van der Waals surface area (Å²) >= 11 is 1.04. The minimum absolute atomic E-state index is 0.149. The van der Waals surface area contributed by atoms with Gasteiger partial charge in [0.15, 0.2) is 6.10 Å². The minimum atomic E-state index is -0.886. The van der Waals surface area contributed by atoms with Gasteiger partial charge in [0.1, 0.15) is 16.9 Å². The van der Waals surface area contributed by atoms with Gasteiger partial charge in [-0.1, -0.05) is 17.8 Å². The first-order valence-corrected chi connectivity index (χ1v) is 9.79. The summed E-state index contributed by atoms with van der Waals surface area (Å²) in [5.74, 6) is 0.0197. The van der Waals surface area contributed by atoms with Crippen molar-refractivity contribution in [1.82, 2.24) is 0 Å². The SMILES string of the molecule is CC=C(C)C(=O)SC1c2c(ccc3ccc(=O)oc23)OC(C)(C)C1OC(C)=O. The number of thioether (sulfide) groups is 1. The van der Waals surface area contributed by atoms with Crippen LogP contribution >= 0.6 is 11.8 Å². The zero-order valence-corrected chi connectivity index (χ0v) is 17.2. The molecule has 2 aromatic rings. The van der Waals surface area contributed by atoms with Crippen LogP contribution in [0.25, 0.3) is 11.0 Å². The molecule has 6 nitrogen and oxygen atoms in total. The number of carbonyl (C=O) groups is 2. The molecular formula is C21H22O6S. The maximum Gasteiger partial charge on any atom is 0.336 e. The van der Waals surface area contributed by atoms with Gasteiger partial charge in [-0.2, -0.15) is 0 Å². The van der Waals surface area contributed by atoms with Crippen molar-refractivity contribution in [2.75, 3.05) is 0 Å². The molecule has 0 N–H and O–H groups in total. The van der Waals surface area contributed by atoms with Crippen LogP contribution in [0.1, 0.15) is 45.4 Å². The summed E-state index contributed by atoms with van der Waals surface area (Å²) in [6.45, 7) is 8.43. The van der Waals surface area contributed by atoms with Crippen LogP contribution in [0.2, 0.25) is 0 Å². The third-order valence-electron chi connectivity index (χ3n) is 4.69. The molecule has 0 aliphatic carbocycles. The fraction of sp³-hybridized carbons (Fsp3) is 0.381. The lowest BCUT2D eigenvalue weighted by molar-refractivity contribution is -0.158. The Labute approximate surface area is 166 Å². The second-order valence-corrected chi connectivity index (χ2v) is 8.30. The second-order valence-electron chi connectivity index (χ2n) is 7.18. The summed E-state index contributed by atoms with van der Waals surface area (Å²) in [7, 11) is 0. The summed E-state index contributed by atoms with van der Waals surface area (Å²) in [5, 5.41) is -0.0491. The highest BCUT2D eigenvalue weighted by Gasteiger charge is 2.48. The molecule has 28 heavy (non-hydrogen) atoms. The van der Waals surface area contributed by atoms with Crippen molar-refractivity contribution in [2.45, 2.75) is 51.6 Å². The number of fused-ring (bicyclic) bond motifs is 3. The number of hydrogen-bond acceptors (Lipinski definition) is 7. The van der Waals surface area contributed by atoms with E-state index in [1.165, 1.54) is 13.0 Å². The average molecular weight is 402 g/mol. The third kappa shape index (κ3) is 3.71. The first kappa shape index (κ1) is 20.2. The lowest BCUT2D eigenvalue weighted by Gasteiger charge is -2.43. The number of esters is 1. The second kappa shape index (κ2) is 7.47. The summed E-state index contributed by atoms with van der Waals surface area (Å²) in [5.41, 5.74) is 0.0705. The molecule has 0 bridgehead atoms. The van der Waals surface area contributed by atoms with Crippen molar-refractivity contribution in [3.8, 4) is 5.75 Å². The van der Waals surface area contributed by atoms with Crippen LogP contribution in [0.5, 0.6) is 5.75 Å². The summed E-state index contributed by atoms with van der Waals surface area (Å²) < 4.78 is 17.2. The van der Waals surface area contributed by atoms with E-state index in [1.807, 2.05) is 0 Å². The molecule has 3 rings (SSSR count). The Balaban J connectivity index is 2.25. The molecule has 2 atom stereocenters. The highest BCUT2D eigenvalue weighted by Crippen LogP contribution is 2.51. The van der Waals surface area contributed by atoms with Crippen molar-refractivity contribution >= 4 is 33.8 Å². The predicted octanol–water partition coefficient (Wildman–Crippen LogP) is 4.16. The number of benzene rings is 1. The van der Waals surface area contributed by atoms with Crippen molar-refractivity contribution in [1.29, 1.82) is 0 Å². The van der Waals surface area contributed by atoms with Crippen LogP contribution in [0.3, 0.4) is 0 Å². The Kier molecular flexibility index (Phi) is 5.39. The molecule has 0 saturated heterocycles. The molecular weight excluding hydrogens is 380 g/mol. The Morgan fingerprint density at radius 3 is 2.50 bits per heavy atom. The maximum absolute atomic E-state index is 12.7. The normalized spacial score (nSPS) is 21.0. The average Bonchev–Trinajstić information content (AvgIpc) is 2.62. The Morgan fingerprint density at radius 2 is 1.86 bits per heavy atom. The van der Waals surface area contributed by atoms with Crippen molar-refractivity contribution in [3.05, 3.63) is 51.9 Å². The van der Waals surface area contributed by atoms with Gasteiger partial charge in [0, 0.05) is 18.4 Å². The van der Waals surface area contributed by atoms with Gasteiger partial charge in [0.05, 0.1) is 10.8 Å². The van der Waals surface area contributed by atoms with Gasteiger partial charge in [-0.05, 0) is 51.5 Å². The van der Waals surface area contributed by atoms with Gasteiger partial charge < -0.3 is 13.9 Å². The Hall–Kier alpha value is -2.54. The Bertz CT molecular complexity index is 1030. The Morgan fingerprint density at radius 1 is 1.18 bits per heavy atom. The smallest absolute Gasteiger partial charge is 0.336 e. The fourth-order valence-electron chi connectivity index (χ4n) is 3.18. The fourth-order valence-corrected chi connectivity index (χ4v) is 4.56. The molecule has 1 aromatic carbocycles. The van der Waals surface area contributed by atoms with E-state index in [1.54, 1.807) is 52.0 Å². The number of allylic oxidation sites excluding steroid dienone is 1. The van der Waals surface area contributed by atoms with Crippen molar-refractivity contribution < 1.29 is 23.5 Å². The predicted molar refractivity (Wildman–Crippen MR) is 108 cm³/mol. The monoisotopic (exact) mass is 402 g/mol. The zero-order valence-electron chi connectivity index (χ0n) is 16.4. The quantitative estimate of drug-likeness (QED) is 0.433. The maximum atomic E-state index is 12.7. The van der Waals surface area contributed by atoms with Gasteiger partial charge in [0.25, 0.3) is 0 Å². The largest absolute Gasteiger partial charge is 0.483 e. The standard InChI is InChI=1S/C21H22O6S/c1-6-11(2)20(24)28-18-16-14(27-21(4,5)19(18)25-12(3)22)9-7-13-8-10-15(23)26-17(13)16/h6-10,18-19H,1-5H3. The number of ether oxygens (including phenoxy) is 2. The molecule has 148 valence electrons. The number of rotatable bonds is 3. The molecule has 2 unspecified atom stereocenters. The molecule has 0 saturated carbocycles. The van der Waals surface area contributed by atoms with E-state index in [-0.39, 0.29) is 5.12 Å². The molecule has 0 radical (unpaired) electrons. The van der Waals surface area contributed by atoms with Gasteiger partial charge in [0.2, 0.25) is 5.12 Å². The highest BCUT2D eigenvalue weighted by molar-refractivity contribution is 8.14. The topological polar surface area (TPSA) is 82.8 Å². The van der Waals surface area contributed by atoms with Crippen LogP contribution in [-0.4, -0.2) is 22.8 Å². The minimum Gasteiger partial charge on any atom is -0.483 e. The van der Waals surface area contributed by atoms with Gasteiger partial charge in [-0.15, -0.1) is 0 Å². The van der Waals surface area contributed by atoms with Crippen LogP contribution < -0.4 is 10.4 Å². The molecule has 0 amide bonds. The van der Waals surface area contributed by atoms with E-state index < -0.39 is 28.5 Å². The van der Waals surface area contributed by atoms with Crippen LogP contribution in [-0.2, 0) is 14.3 Å². The lowest BCUT2D eigenvalue weighted by Crippen LogP contribution is -2.50. The van der Waals surface area contributed by atoms with Gasteiger partial charge in [-0.25, -0.2) is 4.79 Å². The van der Waals surface area contributed by atoms with Crippen LogP contribution in [0, 0.1) is 0 Å².